The van der Waals surface area contributed by atoms with E-state index < -0.39 is 4.92 Å². The van der Waals surface area contributed by atoms with Gasteiger partial charge in [-0.3, -0.25) is 14.9 Å². The molecule has 35 heavy (non-hydrogen) atoms. The van der Waals surface area contributed by atoms with Gasteiger partial charge in [0.15, 0.2) is 11.5 Å². The van der Waals surface area contributed by atoms with Crippen molar-refractivity contribution in [1.82, 2.24) is 14.6 Å². The molecule has 0 unspecified atom stereocenters. The smallest absolute Gasteiger partial charge is 0.287 e. The maximum atomic E-state index is 13.0. The van der Waals surface area contributed by atoms with E-state index in [0.29, 0.717) is 44.9 Å². The molecule has 2 aromatic heterocycles. The second-order valence-corrected chi connectivity index (χ2v) is 8.93. The highest BCUT2D eigenvalue weighted by Gasteiger charge is 2.15. The SMILES string of the molecule is CCOc1cc(C=Nn2c(C)nc3ccc(Br)cc3c2=O)cc(Br)c1Oc1ccc([N+](=O)[O-])cn1. The van der Waals surface area contributed by atoms with Crippen molar-refractivity contribution >= 4 is 54.7 Å². The second kappa shape index (κ2) is 10.3. The van der Waals surface area contributed by atoms with Gasteiger partial charge < -0.3 is 9.47 Å². The first-order chi connectivity index (χ1) is 16.8. The van der Waals surface area contributed by atoms with Crippen LogP contribution in [0.3, 0.4) is 0 Å². The molecule has 10 nitrogen and oxygen atoms in total. The number of aryl methyl sites for hydroxylation is 1. The molecule has 0 atom stereocenters. The van der Waals surface area contributed by atoms with Crippen LogP contribution in [0.4, 0.5) is 5.69 Å². The standard InChI is InChI=1S/C23H17Br2N5O5/c1-3-34-20-9-14(8-18(25)22(20)35-21-7-5-16(12-26-21)30(32)33)11-27-29-13(2)28-19-6-4-15(24)10-17(19)23(29)31/h4-12H,3H2,1-2H3. The summed E-state index contributed by atoms with van der Waals surface area (Å²) in [5.41, 5.74) is 0.780. The first-order valence-corrected chi connectivity index (χ1v) is 11.8. The summed E-state index contributed by atoms with van der Waals surface area (Å²) in [4.78, 5) is 31.7. The molecule has 0 aliphatic carbocycles. The number of nitrogens with zero attached hydrogens (tertiary/aromatic N) is 5. The fourth-order valence-electron chi connectivity index (χ4n) is 3.19. The van der Waals surface area contributed by atoms with Gasteiger partial charge in [-0.1, -0.05) is 15.9 Å². The van der Waals surface area contributed by atoms with Gasteiger partial charge in [-0.05, 0) is 65.7 Å². The van der Waals surface area contributed by atoms with Crippen molar-refractivity contribution in [3.63, 3.8) is 0 Å². The second-order valence-electron chi connectivity index (χ2n) is 7.16. The summed E-state index contributed by atoms with van der Waals surface area (Å²) in [6.45, 7) is 3.89. The molecule has 0 spiro atoms. The molecule has 0 fully saturated rings. The maximum absolute atomic E-state index is 13.0. The Bertz CT molecular complexity index is 1520. The predicted octanol–water partition coefficient (Wildman–Crippen LogP) is 5.61. The van der Waals surface area contributed by atoms with Gasteiger partial charge in [0.1, 0.15) is 12.0 Å². The summed E-state index contributed by atoms with van der Waals surface area (Å²) >= 11 is 6.85. The van der Waals surface area contributed by atoms with Crippen molar-refractivity contribution in [3.05, 3.63) is 89.5 Å². The third kappa shape index (κ3) is 5.38. The number of hydrogen-bond acceptors (Lipinski definition) is 8. The summed E-state index contributed by atoms with van der Waals surface area (Å²) < 4.78 is 14.1. The zero-order valence-electron chi connectivity index (χ0n) is 18.4. The van der Waals surface area contributed by atoms with E-state index in [1.54, 1.807) is 31.2 Å². The predicted molar refractivity (Wildman–Crippen MR) is 138 cm³/mol. The number of pyridine rings is 1. The van der Waals surface area contributed by atoms with Gasteiger partial charge >= 0.3 is 0 Å². The van der Waals surface area contributed by atoms with Gasteiger partial charge in [0, 0.05) is 16.6 Å². The Morgan fingerprint density at radius 1 is 1.20 bits per heavy atom. The lowest BCUT2D eigenvalue weighted by Gasteiger charge is -2.13. The fourth-order valence-corrected chi connectivity index (χ4v) is 4.09. The van der Waals surface area contributed by atoms with Crippen LogP contribution in [0, 0.1) is 17.0 Å². The number of halogens is 2. The van der Waals surface area contributed by atoms with Crippen LogP contribution in [0.1, 0.15) is 18.3 Å². The lowest BCUT2D eigenvalue weighted by molar-refractivity contribution is -0.385. The van der Waals surface area contributed by atoms with E-state index in [0.717, 1.165) is 10.7 Å². The molecule has 0 aliphatic rings. The minimum absolute atomic E-state index is 0.144. The number of nitro groups is 1. The molecule has 0 saturated carbocycles. The van der Waals surface area contributed by atoms with Crippen molar-refractivity contribution in [2.75, 3.05) is 6.61 Å². The summed E-state index contributed by atoms with van der Waals surface area (Å²) in [5, 5.41) is 15.6. The van der Waals surface area contributed by atoms with Gasteiger partial charge in [0.05, 0.1) is 33.1 Å². The molecular formula is C23H17Br2N5O5. The minimum atomic E-state index is -0.538. The highest BCUT2D eigenvalue weighted by molar-refractivity contribution is 9.10. The van der Waals surface area contributed by atoms with E-state index in [4.69, 9.17) is 9.47 Å². The first-order valence-electron chi connectivity index (χ1n) is 10.2. The van der Waals surface area contributed by atoms with E-state index in [1.807, 2.05) is 13.0 Å². The Morgan fingerprint density at radius 3 is 2.69 bits per heavy atom. The van der Waals surface area contributed by atoms with E-state index in [2.05, 4.69) is 46.9 Å². The molecular weight excluding hydrogens is 586 g/mol. The molecule has 4 rings (SSSR count). The molecule has 12 heteroatoms. The average Bonchev–Trinajstić information content (AvgIpc) is 2.82. The normalized spacial score (nSPS) is 11.2. The Balaban J connectivity index is 1.69. The summed E-state index contributed by atoms with van der Waals surface area (Å²) in [6.07, 6.45) is 2.63. The van der Waals surface area contributed by atoms with Crippen LogP contribution in [0.25, 0.3) is 10.9 Å². The molecule has 2 aromatic carbocycles. The minimum Gasteiger partial charge on any atom is -0.490 e. The Morgan fingerprint density at radius 2 is 2.00 bits per heavy atom. The summed E-state index contributed by atoms with van der Waals surface area (Å²) in [5.74, 6) is 1.34. The van der Waals surface area contributed by atoms with Crippen LogP contribution < -0.4 is 15.0 Å². The van der Waals surface area contributed by atoms with Crippen molar-refractivity contribution in [2.45, 2.75) is 13.8 Å². The number of aromatic nitrogens is 3. The summed E-state index contributed by atoms with van der Waals surface area (Å²) in [6, 6.07) is 11.4. The van der Waals surface area contributed by atoms with E-state index in [-0.39, 0.29) is 17.1 Å². The highest BCUT2D eigenvalue weighted by Crippen LogP contribution is 2.39. The molecule has 0 aliphatic heterocycles. The molecule has 0 saturated heterocycles. The van der Waals surface area contributed by atoms with Crippen molar-refractivity contribution < 1.29 is 14.4 Å². The molecule has 4 aromatic rings. The third-order valence-electron chi connectivity index (χ3n) is 4.76. The molecule has 0 amide bonds. The highest BCUT2D eigenvalue weighted by atomic mass is 79.9. The van der Waals surface area contributed by atoms with E-state index in [1.165, 1.54) is 23.0 Å². The van der Waals surface area contributed by atoms with Gasteiger partial charge in [0.2, 0.25) is 5.88 Å². The zero-order chi connectivity index (χ0) is 25.1. The van der Waals surface area contributed by atoms with Crippen LogP contribution in [-0.2, 0) is 0 Å². The van der Waals surface area contributed by atoms with Gasteiger partial charge in [0.25, 0.3) is 11.2 Å². The van der Waals surface area contributed by atoms with Crippen molar-refractivity contribution in [3.8, 4) is 17.4 Å². The van der Waals surface area contributed by atoms with Gasteiger partial charge in [-0.15, -0.1) is 0 Å². The van der Waals surface area contributed by atoms with Crippen LogP contribution >= 0.6 is 31.9 Å². The third-order valence-corrected chi connectivity index (χ3v) is 5.84. The fraction of sp³-hybridized carbons (Fsp3) is 0.130. The molecule has 0 bridgehead atoms. The molecule has 178 valence electrons. The average molecular weight is 603 g/mol. The first kappa shape index (κ1) is 24.5. The topological polar surface area (TPSA) is 122 Å². The summed E-state index contributed by atoms with van der Waals surface area (Å²) in [7, 11) is 0. The van der Waals surface area contributed by atoms with E-state index in [9.17, 15) is 14.9 Å². The molecule has 0 radical (unpaired) electrons. The zero-order valence-corrected chi connectivity index (χ0v) is 21.6. The van der Waals surface area contributed by atoms with Crippen LogP contribution in [0.15, 0.2) is 67.5 Å². The van der Waals surface area contributed by atoms with Crippen LogP contribution in [0.2, 0.25) is 0 Å². The number of rotatable bonds is 7. The van der Waals surface area contributed by atoms with Crippen molar-refractivity contribution in [2.24, 2.45) is 5.10 Å². The van der Waals surface area contributed by atoms with Gasteiger partial charge in [-0.25, -0.2) is 9.97 Å². The molecule has 0 N–H and O–H groups in total. The van der Waals surface area contributed by atoms with Crippen LogP contribution in [-0.4, -0.2) is 32.4 Å². The van der Waals surface area contributed by atoms with Crippen molar-refractivity contribution in [1.29, 1.82) is 0 Å². The Labute approximate surface area is 215 Å². The molecule has 2 heterocycles. The van der Waals surface area contributed by atoms with Gasteiger partial charge in [-0.2, -0.15) is 9.78 Å². The number of hydrogen-bond donors (Lipinski definition) is 0. The van der Waals surface area contributed by atoms with E-state index >= 15 is 0 Å². The maximum Gasteiger partial charge on any atom is 0.287 e. The Hall–Kier alpha value is -3.64. The number of ether oxygens (including phenoxy) is 2. The van der Waals surface area contributed by atoms with Crippen LogP contribution in [0.5, 0.6) is 17.4 Å². The quantitative estimate of drug-likeness (QED) is 0.153. The monoisotopic (exact) mass is 601 g/mol. The largest absolute Gasteiger partial charge is 0.490 e. The lowest BCUT2D eigenvalue weighted by atomic mass is 10.2. The number of fused-ring (bicyclic) bond motifs is 1. The Kier molecular flexibility index (Phi) is 7.22. The number of benzene rings is 2. The lowest BCUT2D eigenvalue weighted by Crippen LogP contribution is -2.20.